The van der Waals surface area contributed by atoms with Gasteiger partial charge in [-0.2, -0.15) is 16.8 Å². The lowest BCUT2D eigenvalue weighted by atomic mass is 9.85. The Morgan fingerprint density at radius 3 is 1.79 bits per heavy atom. The third kappa shape index (κ3) is 4.41. The molecule has 3 N–H and O–H groups in total. The summed E-state index contributed by atoms with van der Waals surface area (Å²) in [5.74, 6) is -2.36. The van der Waals surface area contributed by atoms with Crippen LogP contribution in [0.4, 0.5) is 0 Å². The maximum absolute atomic E-state index is 11.2. The van der Waals surface area contributed by atoms with Gasteiger partial charge in [0.1, 0.15) is 0 Å². The first-order chi connectivity index (χ1) is 8.53. The molecule has 0 amide bonds. The Labute approximate surface area is 111 Å². The second kappa shape index (κ2) is 5.73. The van der Waals surface area contributed by atoms with E-state index in [9.17, 15) is 21.6 Å². The number of hydrogen-bond acceptors (Lipinski definition) is 5. The van der Waals surface area contributed by atoms with Crippen LogP contribution >= 0.6 is 0 Å². The van der Waals surface area contributed by atoms with E-state index in [1.54, 1.807) is 0 Å². The molecule has 0 aromatic heterocycles. The van der Waals surface area contributed by atoms with Gasteiger partial charge in [-0.15, -0.1) is 0 Å². The lowest BCUT2D eigenvalue weighted by Crippen LogP contribution is -2.44. The largest absolute Gasteiger partial charge is 0.481 e. The summed E-state index contributed by atoms with van der Waals surface area (Å²) in [6.07, 6.45) is 0.513. The quantitative estimate of drug-likeness (QED) is 0.600. The lowest BCUT2D eigenvalue weighted by Gasteiger charge is -2.34. The van der Waals surface area contributed by atoms with Crippen molar-refractivity contribution in [1.29, 1.82) is 0 Å². The van der Waals surface area contributed by atoms with E-state index in [1.165, 1.54) is 6.42 Å². The van der Waals surface area contributed by atoms with E-state index >= 15 is 0 Å². The number of carboxylic acid groups (broad SMARTS) is 1. The first kappa shape index (κ1) is 16.3. The smallest absolute Gasteiger partial charge is 0.303 e. The number of carboxylic acids is 1. The standard InChI is InChI=1S/C9H15O8S2/c10-9(11)5-4-6-7(18(12,13)14)2-1-3-8(6)19(15,16)17/h1,6-8H,2-5H2,(H,10,11)(H,12,13,14)(H,15,16,17). The van der Waals surface area contributed by atoms with Crippen molar-refractivity contribution in [1.82, 2.24) is 0 Å². The van der Waals surface area contributed by atoms with Crippen LogP contribution in [0.5, 0.6) is 0 Å². The molecule has 1 aliphatic rings. The van der Waals surface area contributed by atoms with Gasteiger partial charge in [0.25, 0.3) is 20.2 Å². The van der Waals surface area contributed by atoms with Crippen LogP contribution in [-0.4, -0.2) is 47.5 Å². The molecule has 0 saturated heterocycles. The fourth-order valence-electron chi connectivity index (χ4n) is 2.36. The highest BCUT2D eigenvalue weighted by molar-refractivity contribution is 7.87. The normalized spacial score (nSPS) is 29.1. The molecular formula is C9H15O8S2. The highest BCUT2D eigenvalue weighted by Crippen LogP contribution is 2.35. The second-order valence-electron chi connectivity index (χ2n) is 4.46. The van der Waals surface area contributed by atoms with Gasteiger partial charge in [-0.25, -0.2) is 0 Å². The van der Waals surface area contributed by atoms with Crippen molar-refractivity contribution in [2.45, 2.75) is 36.2 Å². The summed E-state index contributed by atoms with van der Waals surface area (Å²) >= 11 is 0. The third-order valence-corrected chi connectivity index (χ3v) is 5.82. The second-order valence-corrected chi connectivity index (χ2v) is 7.73. The van der Waals surface area contributed by atoms with Gasteiger partial charge in [0.2, 0.25) is 0 Å². The van der Waals surface area contributed by atoms with Crippen molar-refractivity contribution in [3.63, 3.8) is 0 Å². The molecular weight excluding hydrogens is 300 g/mol. The van der Waals surface area contributed by atoms with E-state index in [2.05, 4.69) is 0 Å². The molecule has 2 atom stereocenters. The predicted molar refractivity (Wildman–Crippen MR) is 64.6 cm³/mol. The molecule has 111 valence electrons. The SMILES string of the molecule is O=C(O)CCC1C(S(=O)(=O)O)C[CH]CC1S(=O)(=O)O. The number of rotatable bonds is 5. The van der Waals surface area contributed by atoms with Crippen LogP contribution in [0.25, 0.3) is 0 Å². The molecule has 0 aliphatic heterocycles. The van der Waals surface area contributed by atoms with Gasteiger partial charge in [0.05, 0.1) is 10.5 Å². The number of carbonyl (C=O) groups is 1. The molecule has 1 aliphatic carbocycles. The van der Waals surface area contributed by atoms with E-state index in [4.69, 9.17) is 14.2 Å². The Bertz CT molecular complexity index is 495. The zero-order chi connectivity index (χ0) is 14.8. The molecule has 0 aromatic carbocycles. The molecule has 1 fully saturated rings. The summed E-state index contributed by atoms with van der Waals surface area (Å²) in [6.45, 7) is 0. The molecule has 2 unspecified atom stereocenters. The molecule has 1 rings (SSSR count). The van der Waals surface area contributed by atoms with Crippen molar-refractivity contribution < 1.29 is 35.8 Å². The van der Waals surface area contributed by atoms with Gasteiger partial charge >= 0.3 is 5.97 Å². The number of hydrogen-bond donors (Lipinski definition) is 3. The van der Waals surface area contributed by atoms with Crippen molar-refractivity contribution in [3.05, 3.63) is 6.42 Å². The molecule has 0 heterocycles. The Morgan fingerprint density at radius 1 is 1.05 bits per heavy atom. The van der Waals surface area contributed by atoms with Crippen LogP contribution in [0.3, 0.4) is 0 Å². The third-order valence-electron chi connectivity index (χ3n) is 3.21. The molecule has 0 aromatic rings. The van der Waals surface area contributed by atoms with Gasteiger partial charge in [-0.1, -0.05) is 0 Å². The van der Waals surface area contributed by atoms with Gasteiger partial charge in [-0.3, -0.25) is 13.9 Å². The summed E-state index contributed by atoms with van der Waals surface area (Å²) in [7, 11) is -9.03. The van der Waals surface area contributed by atoms with Crippen LogP contribution in [-0.2, 0) is 25.0 Å². The Balaban J connectivity index is 3.07. The van der Waals surface area contributed by atoms with E-state index in [0.717, 1.165) is 0 Å². The molecule has 10 heteroatoms. The summed E-state index contributed by atoms with van der Waals surface area (Å²) in [5, 5.41) is 5.77. The highest BCUT2D eigenvalue weighted by atomic mass is 32.2. The molecule has 0 bridgehead atoms. The zero-order valence-corrected chi connectivity index (χ0v) is 11.5. The first-order valence-electron chi connectivity index (χ1n) is 5.49. The van der Waals surface area contributed by atoms with E-state index in [-0.39, 0.29) is 19.3 Å². The molecule has 0 spiro atoms. The van der Waals surface area contributed by atoms with E-state index in [1.807, 2.05) is 0 Å². The van der Waals surface area contributed by atoms with Crippen molar-refractivity contribution in [2.24, 2.45) is 5.92 Å². The zero-order valence-electron chi connectivity index (χ0n) is 9.84. The average Bonchev–Trinajstić information content (AvgIpc) is 2.23. The van der Waals surface area contributed by atoms with E-state index in [0.29, 0.717) is 0 Å². The summed E-state index contributed by atoms with van der Waals surface area (Å²) in [5.41, 5.74) is 0. The highest BCUT2D eigenvalue weighted by Gasteiger charge is 2.45. The Kier molecular flexibility index (Phi) is 4.93. The minimum Gasteiger partial charge on any atom is -0.481 e. The monoisotopic (exact) mass is 315 g/mol. The minimum atomic E-state index is -4.52. The van der Waals surface area contributed by atoms with Crippen LogP contribution in [0, 0.1) is 12.3 Å². The minimum absolute atomic E-state index is 0.0743. The summed E-state index contributed by atoms with van der Waals surface area (Å²) < 4.78 is 63.1. The van der Waals surface area contributed by atoms with Crippen LogP contribution < -0.4 is 0 Å². The summed E-state index contributed by atoms with van der Waals surface area (Å²) in [6, 6.07) is 0. The fourth-order valence-corrected chi connectivity index (χ4v) is 4.75. The van der Waals surface area contributed by atoms with Gasteiger partial charge in [0.15, 0.2) is 0 Å². The van der Waals surface area contributed by atoms with Gasteiger partial charge in [-0.05, 0) is 31.6 Å². The Morgan fingerprint density at radius 2 is 1.47 bits per heavy atom. The molecule has 1 saturated carbocycles. The van der Waals surface area contributed by atoms with Crippen molar-refractivity contribution >= 4 is 26.2 Å². The van der Waals surface area contributed by atoms with Crippen molar-refractivity contribution in [2.75, 3.05) is 0 Å². The fraction of sp³-hybridized carbons (Fsp3) is 0.778. The van der Waals surface area contributed by atoms with Gasteiger partial charge < -0.3 is 5.11 Å². The van der Waals surface area contributed by atoms with Gasteiger partial charge in [0, 0.05) is 6.42 Å². The maximum atomic E-state index is 11.2. The number of aliphatic carboxylic acids is 1. The van der Waals surface area contributed by atoms with Crippen LogP contribution in [0.1, 0.15) is 25.7 Å². The molecule has 1 radical (unpaired) electrons. The average molecular weight is 315 g/mol. The molecule has 19 heavy (non-hydrogen) atoms. The van der Waals surface area contributed by atoms with Crippen LogP contribution in [0.2, 0.25) is 0 Å². The molecule has 8 nitrogen and oxygen atoms in total. The maximum Gasteiger partial charge on any atom is 0.303 e. The van der Waals surface area contributed by atoms with Crippen molar-refractivity contribution in [3.8, 4) is 0 Å². The lowest BCUT2D eigenvalue weighted by molar-refractivity contribution is -0.137. The topological polar surface area (TPSA) is 146 Å². The van der Waals surface area contributed by atoms with E-state index < -0.39 is 49.0 Å². The first-order valence-corrected chi connectivity index (χ1v) is 8.50. The summed E-state index contributed by atoms with van der Waals surface area (Å²) in [4.78, 5) is 10.5. The Hall–Kier alpha value is -0.710. The predicted octanol–water partition coefficient (Wildman–Crippen LogP) is -0.0217. The van der Waals surface area contributed by atoms with Crippen LogP contribution in [0.15, 0.2) is 0 Å².